The zero-order valence-electron chi connectivity index (χ0n) is 9.40. The van der Waals surface area contributed by atoms with Crippen LogP contribution in [0.2, 0.25) is 0 Å². The van der Waals surface area contributed by atoms with Crippen LogP contribution < -0.4 is 0 Å². The van der Waals surface area contributed by atoms with Gasteiger partial charge in [-0.2, -0.15) is 13.2 Å². The molecule has 0 fully saturated rings. The van der Waals surface area contributed by atoms with Gasteiger partial charge in [0.15, 0.2) is 0 Å². The SMILES string of the molecule is O=[C]OCc1cnc(-c2ccccc2C(F)(F)F)s1. The van der Waals surface area contributed by atoms with Crippen molar-refractivity contribution < 1.29 is 22.7 Å². The van der Waals surface area contributed by atoms with E-state index in [4.69, 9.17) is 0 Å². The second-order valence-corrected chi connectivity index (χ2v) is 4.66. The Balaban J connectivity index is 2.36. The summed E-state index contributed by atoms with van der Waals surface area (Å²) in [5.74, 6) is 0. The highest BCUT2D eigenvalue weighted by atomic mass is 32.1. The number of carbonyl (C=O) groups excluding carboxylic acids is 1. The first-order valence-corrected chi connectivity index (χ1v) is 5.94. The third-order valence-corrected chi connectivity index (χ3v) is 3.29. The van der Waals surface area contributed by atoms with E-state index in [1.165, 1.54) is 30.9 Å². The lowest BCUT2D eigenvalue weighted by atomic mass is 10.1. The summed E-state index contributed by atoms with van der Waals surface area (Å²) in [6.45, 7) is 1.20. The van der Waals surface area contributed by atoms with Gasteiger partial charge in [-0.15, -0.1) is 11.3 Å². The highest BCUT2D eigenvalue weighted by Gasteiger charge is 2.33. The maximum Gasteiger partial charge on any atom is 0.417 e. The Hall–Kier alpha value is -1.89. The third-order valence-electron chi connectivity index (χ3n) is 2.29. The van der Waals surface area contributed by atoms with E-state index in [-0.39, 0.29) is 17.2 Å². The van der Waals surface area contributed by atoms with Crippen LogP contribution in [0.15, 0.2) is 30.5 Å². The summed E-state index contributed by atoms with van der Waals surface area (Å²) in [5, 5.41) is 0.234. The van der Waals surface area contributed by atoms with Crippen molar-refractivity contribution in [2.24, 2.45) is 0 Å². The summed E-state index contributed by atoms with van der Waals surface area (Å²) in [6.07, 6.45) is -3.06. The van der Waals surface area contributed by atoms with Crippen LogP contribution >= 0.6 is 11.3 Å². The van der Waals surface area contributed by atoms with Crippen LogP contribution in [0.3, 0.4) is 0 Å². The Labute approximate surface area is 110 Å². The molecule has 0 saturated heterocycles. The lowest BCUT2D eigenvalue weighted by Crippen LogP contribution is -2.06. The molecule has 1 radical (unpaired) electrons. The molecule has 0 aliphatic heterocycles. The molecule has 0 amide bonds. The van der Waals surface area contributed by atoms with Gasteiger partial charge in [-0.3, -0.25) is 0 Å². The Kier molecular flexibility index (Phi) is 3.84. The zero-order valence-corrected chi connectivity index (χ0v) is 10.2. The summed E-state index contributed by atoms with van der Waals surface area (Å²) in [4.78, 5) is 14.4. The molecule has 3 nitrogen and oxygen atoms in total. The standard InChI is InChI=1S/C12H7F3NO2S/c13-12(14,15)10-4-2-1-3-9(10)11-16-5-8(19-11)6-18-7-17/h1-5H,6H2. The third kappa shape index (κ3) is 3.11. The van der Waals surface area contributed by atoms with Crippen LogP contribution in [0.1, 0.15) is 10.4 Å². The first kappa shape index (κ1) is 13.5. The van der Waals surface area contributed by atoms with Crippen molar-refractivity contribution >= 4 is 17.8 Å². The van der Waals surface area contributed by atoms with Crippen LogP contribution in [-0.4, -0.2) is 11.5 Å². The number of aromatic nitrogens is 1. The maximum absolute atomic E-state index is 12.8. The van der Waals surface area contributed by atoms with Crippen LogP contribution in [0.4, 0.5) is 13.2 Å². The molecule has 99 valence electrons. The number of hydrogen-bond donors (Lipinski definition) is 0. The number of alkyl halides is 3. The molecule has 0 unspecified atom stereocenters. The molecule has 0 aliphatic rings. The topological polar surface area (TPSA) is 39.2 Å². The number of rotatable bonds is 4. The van der Waals surface area contributed by atoms with E-state index >= 15 is 0 Å². The van der Waals surface area contributed by atoms with Gasteiger partial charge in [-0.25, -0.2) is 9.78 Å². The quantitative estimate of drug-likeness (QED) is 0.864. The first-order valence-electron chi connectivity index (χ1n) is 5.12. The molecule has 0 saturated carbocycles. The van der Waals surface area contributed by atoms with Crippen molar-refractivity contribution in [2.75, 3.05) is 0 Å². The van der Waals surface area contributed by atoms with E-state index in [9.17, 15) is 18.0 Å². The van der Waals surface area contributed by atoms with E-state index in [1.54, 1.807) is 0 Å². The van der Waals surface area contributed by atoms with Gasteiger partial charge in [-0.05, 0) is 6.07 Å². The largest absolute Gasteiger partial charge is 0.451 e. The smallest absolute Gasteiger partial charge is 0.417 e. The second kappa shape index (κ2) is 5.40. The predicted molar refractivity (Wildman–Crippen MR) is 63.0 cm³/mol. The Morgan fingerprint density at radius 1 is 1.32 bits per heavy atom. The van der Waals surface area contributed by atoms with Crippen molar-refractivity contribution in [3.05, 3.63) is 40.9 Å². The minimum atomic E-state index is -4.44. The molecule has 0 spiro atoms. The molecule has 0 bridgehead atoms. The van der Waals surface area contributed by atoms with Crippen molar-refractivity contribution in [2.45, 2.75) is 12.8 Å². The normalized spacial score (nSPS) is 11.3. The van der Waals surface area contributed by atoms with E-state index in [0.29, 0.717) is 4.88 Å². The number of hydrogen-bond acceptors (Lipinski definition) is 4. The number of nitrogens with zero attached hydrogens (tertiary/aromatic N) is 1. The lowest BCUT2D eigenvalue weighted by Gasteiger charge is -2.10. The maximum atomic E-state index is 12.8. The molecule has 0 aliphatic carbocycles. The second-order valence-electron chi connectivity index (χ2n) is 3.55. The Morgan fingerprint density at radius 3 is 2.74 bits per heavy atom. The van der Waals surface area contributed by atoms with Crippen LogP contribution in [0, 0.1) is 0 Å². The Morgan fingerprint density at radius 2 is 2.05 bits per heavy atom. The van der Waals surface area contributed by atoms with Gasteiger partial charge in [-0.1, -0.05) is 18.2 Å². The van der Waals surface area contributed by atoms with Gasteiger partial charge in [0.1, 0.15) is 11.6 Å². The van der Waals surface area contributed by atoms with Crippen molar-refractivity contribution in [1.82, 2.24) is 4.98 Å². The molecule has 19 heavy (non-hydrogen) atoms. The minimum absolute atomic E-state index is 0.0151. The molecular weight excluding hydrogens is 279 g/mol. The summed E-state index contributed by atoms with van der Waals surface area (Å²) in [5.41, 5.74) is -0.722. The fourth-order valence-electron chi connectivity index (χ4n) is 1.52. The first-order chi connectivity index (χ1) is 9.02. The zero-order chi connectivity index (χ0) is 13.9. The molecule has 2 aromatic rings. The minimum Gasteiger partial charge on any atom is -0.451 e. The Bertz CT molecular complexity index is 580. The van der Waals surface area contributed by atoms with E-state index in [1.807, 2.05) is 0 Å². The lowest BCUT2D eigenvalue weighted by molar-refractivity contribution is -0.137. The van der Waals surface area contributed by atoms with Crippen LogP contribution in [0.5, 0.6) is 0 Å². The van der Waals surface area contributed by atoms with Crippen molar-refractivity contribution in [3.8, 4) is 10.6 Å². The average molecular weight is 286 g/mol. The molecule has 7 heteroatoms. The van der Waals surface area contributed by atoms with Crippen LogP contribution in [0.25, 0.3) is 10.6 Å². The number of thiazole rings is 1. The van der Waals surface area contributed by atoms with E-state index < -0.39 is 11.7 Å². The molecule has 1 aromatic carbocycles. The molecular formula is C12H7F3NO2S. The monoisotopic (exact) mass is 286 g/mol. The van der Waals surface area contributed by atoms with Gasteiger partial charge < -0.3 is 4.74 Å². The number of halogens is 3. The van der Waals surface area contributed by atoms with Gasteiger partial charge >= 0.3 is 12.6 Å². The van der Waals surface area contributed by atoms with Crippen molar-refractivity contribution in [3.63, 3.8) is 0 Å². The summed E-state index contributed by atoms with van der Waals surface area (Å²) < 4.78 is 42.9. The summed E-state index contributed by atoms with van der Waals surface area (Å²) in [7, 11) is 0. The predicted octanol–water partition coefficient (Wildman–Crippen LogP) is 3.41. The molecule has 1 heterocycles. The molecule has 0 atom stereocenters. The van der Waals surface area contributed by atoms with Crippen molar-refractivity contribution in [1.29, 1.82) is 0 Å². The van der Waals surface area contributed by atoms with E-state index in [0.717, 1.165) is 17.4 Å². The molecule has 1 aromatic heterocycles. The molecule has 2 rings (SSSR count). The summed E-state index contributed by atoms with van der Waals surface area (Å²) in [6, 6.07) is 5.21. The average Bonchev–Trinajstić information content (AvgIpc) is 2.84. The fourth-order valence-corrected chi connectivity index (χ4v) is 2.38. The van der Waals surface area contributed by atoms with Gasteiger partial charge in [0.2, 0.25) is 0 Å². The highest BCUT2D eigenvalue weighted by molar-refractivity contribution is 7.15. The summed E-state index contributed by atoms with van der Waals surface area (Å²) >= 11 is 1.04. The highest BCUT2D eigenvalue weighted by Crippen LogP contribution is 2.38. The van der Waals surface area contributed by atoms with E-state index in [2.05, 4.69) is 9.72 Å². The fraction of sp³-hybridized carbons (Fsp3) is 0.167. The molecule has 0 N–H and O–H groups in total. The number of ether oxygens (including phenoxy) is 1. The van der Waals surface area contributed by atoms with Gasteiger partial charge in [0.25, 0.3) is 0 Å². The number of benzene rings is 1. The van der Waals surface area contributed by atoms with Crippen LogP contribution in [-0.2, 0) is 22.3 Å². The van der Waals surface area contributed by atoms with Gasteiger partial charge in [0.05, 0.1) is 10.4 Å². The van der Waals surface area contributed by atoms with Gasteiger partial charge in [0, 0.05) is 11.8 Å².